The van der Waals surface area contributed by atoms with Gasteiger partial charge in [-0.2, -0.15) is 5.26 Å². The van der Waals surface area contributed by atoms with Gasteiger partial charge in [0.25, 0.3) is 11.8 Å². The topological polar surface area (TPSA) is 99.2 Å². The molecule has 3 rings (SSSR count). The molecule has 0 saturated heterocycles. The summed E-state index contributed by atoms with van der Waals surface area (Å²) >= 11 is 0. The molecular weight excluding hydrogens is 407 g/mol. The molecule has 3 N–H and O–H groups in total. The van der Waals surface area contributed by atoms with Crippen LogP contribution in [0, 0.1) is 17.1 Å². The third-order valence-corrected chi connectivity index (χ3v) is 4.85. The third kappa shape index (κ3) is 6.00. The van der Waals surface area contributed by atoms with Gasteiger partial charge >= 0.3 is 0 Å². The Morgan fingerprint density at radius 3 is 2.34 bits per heavy atom. The number of carbonyl (C=O) groups excluding carboxylic acids is 2. The van der Waals surface area contributed by atoms with Crippen molar-refractivity contribution in [2.45, 2.75) is 13.0 Å². The first kappa shape index (κ1) is 22.7. The van der Waals surface area contributed by atoms with E-state index in [-0.39, 0.29) is 17.4 Å². The zero-order valence-electron chi connectivity index (χ0n) is 17.4. The van der Waals surface area contributed by atoms with Crippen molar-refractivity contribution in [2.24, 2.45) is 5.73 Å². The van der Waals surface area contributed by atoms with Crippen LogP contribution in [0.5, 0.6) is 0 Å². The van der Waals surface area contributed by atoms with Crippen molar-refractivity contribution in [1.82, 2.24) is 4.90 Å². The Balaban J connectivity index is 1.68. The van der Waals surface area contributed by atoms with Gasteiger partial charge in [0, 0.05) is 29.9 Å². The molecule has 0 saturated carbocycles. The van der Waals surface area contributed by atoms with Crippen molar-refractivity contribution in [3.8, 4) is 6.07 Å². The van der Waals surface area contributed by atoms with Crippen molar-refractivity contribution >= 4 is 17.5 Å². The molecule has 0 aliphatic carbocycles. The van der Waals surface area contributed by atoms with Crippen molar-refractivity contribution in [3.63, 3.8) is 0 Å². The first-order chi connectivity index (χ1) is 15.5. The number of nitrogens with zero attached hydrogens (tertiary/aromatic N) is 2. The van der Waals surface area contributed by atoms with E-state index < -0.39 is 5.82 Å². The summed E-state index contributed by atoms with van der Waals surface area (Å²) in [4.78, 5) is 26.9. The number of hydrogen-bond acceptors (Lipinski definition) is 4. The summed E-state index contributed by atoms with van der Waals surface area (Å²) in [6, 6.07) is 21.1. The zero-order valence-corrected chi connectivity index (χ0v) is 17.4. The van der Waals surface area contributed by atoms with Gasteiger partial charge in [-0.25, -0.2) is 4.39 Å². The van der Waals surface area contributed by atoms with Gasteiger partial charge in [-0.15, -0.1) is 0 Å². The van der Waals surface area contributed by atoms with Gasteiger partial charge in [-0.1, -0.05) is 18.2 Å². The second kappa shape index (κ2) is 10.8. The minimum Gasteiger partial charge on any atom is -0.334 e. The van der Waals surface area contributed by atoms with Crippen LogP contribution in [0.15, 0.2) is 72.8 Å². The molecular formula is C25H23FN4O2. The summed E-state index contributed by atoms with van der Waals surface area (Å²) in [5, 5.41) is 11.7. The summed E-state index contributed by atoms with van der Waals surface area (Å²) in [5.41, 5.74) is 8.29. The number of nitriles is 1. The molecule has 0 atom stereocenters. The van der Waals surface area contributed by atoms with Crippen LogP contribution in [0.3, 0.4) is 0 Å². The van der Waals surface area contributed by atoms with Crippen molar-refractivity contribution in [3.05, 3.63) is 101 Å². The fourth-order valence-electron chi connectivity index (χ4n) is 3.15. The molecule has 0 radical (unpaired) electrons. The highest BCUT2D eigenvalue weighted by molar-refractivity contribution is 6.04. The monoisotopic (exact) mass is 430 g/mol. The average molecular weight is 430 g/mol. The molecule has 0 bridgehead atoms. The highest BCUT2D eigenvalue weighted by Crippen LogP contribution is 2.16. The molecule has 7 heteroatoms. The van der Waals surface area contributed by atoms with Gasteiger partial charge in [0.15, 0.2) is 0 Å². The lowest BCUT2D eigenvalue weighted by atomic mass is 10.1. The molecule has 0 aliphatic heterocycles. The van der Waals surface area contributed by atoms with Crippen LogP contribution in [0.1, 0.15) is 38.3 Å². The minimum atomic E-state index is -0.461. The summed E-state index contributed by atoms with van der Waals surface area (Å²) in [6.07, 6.45) is 0.625. The Bertz CT molecular complexity index is 1120. The molecule has 6 nitrogen and oxygen atoms in total. The highest BCUT2D eigenvalue weighted by Gasteiger charge is 2.16. The van der Waals surface area contributed by atoms with Gasteiger partial charge < -0.3 is 16.0 Å². The van der Waals surface area contributed by atoms with Crippen LogP contribution in [0.25, 0.3) is 0 Å². The van der Waals surface area contributed by atoms with Crippen LogP contribution >= 0.6 is 0 Å². The predicted molar refractivity (Wildman–Crippen MR) is 120 cm³/mol. The number of benzene rings is 3. The number of anilines is 1. The second-order valence-corrected chi connectivity index (χ2v) is 7.22. The molecule has 3 aromatic rings. The molecule has 0 aliphatic rings. The van der Waals surface area contributed by atoms with Crippen molar-refractivity contribution < 1.29 is 14.0 Å². The maximum atomic E-state index is 13.5. The molecule has 0 heterocycles. The minimum absolute atomic E-state index is 0.267. The number of nitrogens with two attached hydrogens (primary N) is 1. The second-order valence-electron chi connectivity index (χ2n) is 7.22. The number of nitrogens with one attached hydrogen (secondary N) is 1. The fourth-order valence-corrected chi connectivity index (χ4v) is 3.15. The van der Waals surface area contributed by atoms with Gasteiger partial charge in [0.05, 0.1) is 11.6 Å². The summed E-state index contributed by atoms with van der Waals surface area (Å²) in [6.45, 7) is 1.22. The van der Waals surface area contributed by atoms with E-state index in [0.29, 0.717) is 42.9 Å². The van der Waals surface area contributed by atoms with Gasteiger partial charge in [-0.05, 0) is 73.1 Å². The summed E-state index contributed by atoms with van der Waals surface area (Å²) in [7, 11) is 0. The third-order valence-electron chi connectivity index (χ3n) is 4.85. The van der Waals surface area contributed by atoms with Crippen LogP contribution in [0.4, 0.5) is 10.1 Å². The largest absolute Gasteiger partial charge is 0.334 e. The standard InChI is InChI=1S/C25H23FN4O2/c26-22-4-1-3-21(15-22)25(32)30(14-2-13-27)17-19-7-11-23(12-8-19)29-24(31)20-9-5-18(16-28)6-10-20/h1,3-12,15H,2,13-14,17,27H2,(H,29,31). The Kier molecular flexibility index (Phi) is 7.68. The lowest BCUT2D eigenvalue weighted by Gasteiger charge is -2.23. The van der Waals surface area contributed by atoms with Crippen molar-refractivity contribution in [1.29, 1.82) is 5.26 Å². The Labute approximate surface area is 186 Å². The van der Waals surface area contributed by atoms with E-state index in [0.717, 1.165) is 5.56 Å². The number of hydrogen-bond donors (Lipinski definition) is 2. The van der Waals surface area contributed by atoms with E-state index >= 15 is 0 Å². The van der Waals surface area contributed by atoms with Crippen LogP contribution < -0.4 is 11.1 Å². The molecule has 0 spiro atoms. The first-order valence-corrected chi connectivity index (χ1v) is 10.2. The molecule has 0 unspecified atom stereocenters. The molecule has 2 amide bonds. The Morgan fingerprint density at radius 2 is 1.72 bits per heavy atom. The first-order valence-electron chi connectivity index (χ1n) is 10.2. The SMILES string of the molecule is N#Cc1ccc(C(=O)Nc2ccc(CN(CCCN)C(=O)c3cccc(F)c3)cc2)cc1. The fraction of sp³-hybridized carbons (Fsp3) is 0.160. The van der Waals surface area contributed by atoms with Crippen molar-refractivity contribution in [2.75, 3.05) is 18.4 Å². The van der Waals surface area contributed by atoms with Crippen LogP contribution in [0.2, 0.25) is 0 Å². The number of carbonyl (C=O) groups is 2. The van der Waals surface area contributed by atoms with E-state index in [2.05, 4.69) is 5.32 Å². The Hall–Kier alpha value is -4.02. The highest BCUT2D eigenvalue weighted by atomic mass is 19.1. The van der Waals surface area contributed by atoms with E-state index in [1.807, 2.05) is 18.2 Å². The number of halogens is 1. The van der Waals surface area contributed by atoms with Gasteiger partial charge in [0.1, 0.15) is 5.82 Å². The van der Waals surface area contributed by atoms with Crippen LogP contribution in [-0.2, 0) is 6.54 Å². The summed E-state index contributed by atoms with van der Waals surface area (Å²) < 4.78 is 13.5. The lowest BCUT2D eigenvalue weighted by Crippen LogP contribution is -2.32. The van der Waals surface area contributed by atoms with E-state index in [4.69, 9.17) is 11.0 Å². The molecule has 162 valence electrons. The van der Waals surface area contributed by atoms with E-state index in [1.165, 1.54) is 18.2 Å². The van der Waals surface area contributed by atoms with Gasteiger partial charge in [-0.3, -0.25) is 9.59 Å². The average Bonchev–Trinajstić information content (AvgIpc) is 2.82. The molecule has 32 heavy (non-hydrogen) atoms. The maximum absolute atomic E-state index is 13.5. The normalized spacial score (nSPS) is 10.3. The zero-order chi connectivity index (χ0) is 22.9. The maximum Gasteiger partial charge on any atom is 0.255 e. The Morgan fingerprint density at radius 1 is 1.00 bits per heavy atom. The molecule has 0 aromatic heterocycles. The lowest BCUT2D eigenvalue weighted by molar-refractivity contribution is 0.0741. The van der Waals surface area contributed by atoms with Gasteiger partial charge in [0.2, 0.25) is 0 Å². The molecule has 0 fully saturated rings. The number of rotatable bonds is 8. The van der Waals surface area contributed by atoms with E-state index in [1.54, 1.807) is 47.4 Å². The smallest absolute Gasteiger partial charge is 0.255 e. The summed E-state index contributed by atoms with van der Waals surface area (Å²) in [5.74, 6) is -1.01. The number of amides is 2. The van der Waals surface area contributed by atoms with Crippen LogP contribution in [-0.4, -0.2) is 29.8 Å². The van der Waals surface area contributed by atoms with E-state index in [9.17, 15) is 14.0 Å². The predicted octanol–water partition coefficient (Wildman–Crippen LogP) is 3.94. The molecule has 3 aromatic carbocycles. The quantitative estimate of drug-likeness (QED) is 0.565.